The molecule has 1 aliphatic rings. The summed E-state index contributed by atoms with van der Waals surface area (Å²) in [5, 5.41) is 0.698. The first kappa shape index (κ1) is 12.5. The second kappa shape index (κ2) is 5.24. The Balaban J connectivity index is 2.05. The van der Waals surface area contributed by atoms with Gasteiger partial charge in [0.1, 0.15) is 5.75 Å². The maximum atomic E-state index is 6.38. The number of benzene rings is 2. The summed E-state index contributed by atoms with van der Waals surface area (Å²) in [6, 6.07) is 13.6. The number of nitrogens with two attached hydrogens (primary N) is 1. The molecule has 0 aromatic heterocycles. The van der Waals surface area contributed by atoms with Crippen LogP contribution >= 0.6 is 11.6 Å². The average molecular weight is 274 g/mol. The molecule has 2 nitrogen and oxygen atoms in total. The first-order valence-electron chi connectivity index (χ1n) is 6.52. The molecule has 98 valence electrons. The number of fused-ring (bicyclic) bond motifs is 1. The molecule has 0 radical (unpaired) electrons. The van der Waals surface area contributed by atoms with Crippen LogP contribution in [0.25, 0.3) is 0 Å². The molecule has 1 heterocycles. The highest BCUT2D eigenvalue weighted by molar-refractivity contribution is 6.31. The lowest BCUT2D eigenvalue weighted by Gasteiger charge is -2.23. The Bertz CT molecular complexity index is 597. The first-order chi connectivity index (χ1) is 9.27. The third-order valence-electron chi connectivity index (χ3n) is 3.54. The normalized spacial score (nSPS) is 15.5. The molecular weight excluding hydrogens is 258 g/mol. The molecule has 1 unspecified atom stereocenters. The first-order valence-corrected chi connectivity index (χ1v) is 6.90. The van der Waals surface area contributed by atoms with Crippen LogP contribution in [0.4, 0.5) is 0 Å². The number of hydrogen-bond acceptors (Lipinski definition) is 2. The van der Waals surface area contributed by atoms with Crippen LogP contribution in [-0.4, -0.2) is 6.61 Å². The summed E-state index contributed by atoms with van der Waals surface area (Å²) in [5.41, 5.74) is 9.57. The number of aryl methyl sites for hydroxylation is 1. The van der Waals surface area contributed by atoms with Crippen LogP contribution < -0.4 is 10.5 Å². The Labute approximate surface area is 118 Å². The quantitative estimate of drug-likeness (QED) is 0.905. The van der Waals surface area contributed by atoms with E-state index in [0.29, 0.717) is 5.02 Å². The highest BCUT2D eigenvalue weighted by atomic mass is 35.5. The molecule has 0 aliphatic carbocycles. The predicted molar refractivity (Wildman–Crippen MR) is 77.7 cm³/mol. The van der Waals surface area contributed by atoms with Crippen LogP contribution in [0.15, 0.2) is 42.5 Å². The Hall–Kier alpha value is -1.51. The summed E-state index contributed by atoms with van der Waals surface area (Å²) in [5.74, 6) is 0.946. The molecular formula is C16H16ClNO. The van der Waals surface area contributed by atoms with E-state index >= 15 is 0 Å². The zero-order chi connectivity index (χ0) is 13.2. The molecule has 1 atom stereocenters. The molecule has 3 rings (SSSR count). The number of para-hydroxylation sites is 1. The Kier molecular flexibility index (Phi) is 3.45. The highest BCUT2D eigenvalue weighted by Crippen LogP contribution is 2.36. The standard InChI is InChI=1S/C16H16ClNO/c17-14-9-2-1-7-12(14)15(18)13-8-3-5-11-6-4-10-19-16(11)13/h1-3,5,7-9,15H,4,6,10,18H2. The summed E-state index contributed by atoms with van der Waals surface area (Å²) in [6.07, 6.45) is 2.12. The van der Waals surface area contributed by atoms with Gasteiger partial charge in [0.15, 0.2) is 0 Å². The smallest absolute Gasteiger partial charge is 0.127 e. The van der Waals surface area contributed by atoms with Crippen LogP contribution in [0, 0.1) is 0 Å². The van der Waals surface area contributed by atoms with Crippen molar-refractivity contribution >= 4 is 11.6 Å². The third kappa shape index (κ3) is 2.34. The molecule has 0 bridgehead atoms. The van der Waals surface area contributed by atoms with E-state index in [1.165, 1.54) is 5.56 Å². The maximum absolute atomic E-state index is 6.38. The lowest BCUT2D eigenvalue weighted by molar-refractivity contribution is 0.284. The summed E-state index contributed by atoms with van der Waals surface area (Å²) in [6.45, 7) is 0.763. The van der Waals surface area contributed by atoms with Gasteiger partial charge in [-0.1, -0.05) is 48.0 Å². The van der Waals surface area contributed by atoms with Gasteiger partial charge in [0, 0.05) is 10.6 Å². The summed E-state index contributed by atoms with van der Waals surface area (Å²) in [4.78, 5) is 0. The summed E-state index contributed by atoms with van der Waals surface area (Å²) >= 11 is 6.23. The lowest BCUT2D eigenvalue weighted by Crippen LogP contribution is -2.17. The van der Waals surface area contributed by atoms with E-state index in [1.54, 1.807) is 0 Å². The zero-order valence-corrected chi connectivity index (χ0v) is 11.4. The van der Waals surface area contributed by atoms with Crippen molar-refractivity contribution in [1.29, 1.82) is 0 Å². The van der Waals surface area contributed by atoms with Gasteiger partial charge in [0.05, 0.1) is 12.6 Å². The van der Waals surface area contributed by atoms with Gasteiger partial charge in [0.25, 0.3) is 0 Å². The van der Waals surface area contributed by atoms with E-state index in [-0.39, 0.29) is 6.04 Å². The summed E-state index contributed by atoms with van der Waals surface area (Å²) in [7, 11) is 0. The van der Waals surface area contributed by atoms with E-state index in [4.69, 9.17) is 22.1 Å². The van der Waals surface area contributed by atoms with Gasteiger partial charge in [-0.15, -0.1) is 0 Å². The number of ether oxygens (including phenoxy) is 1. The van der Waals surface area contributed by atoms with E-state index in [0.717, 1.165) is 36.3 Å². The van der Waals surface area contributed by atoms with Crippen LogP contribution in [0.5, 0.6) is 5.75 Å². The zero-order valence-electron chi connectivity index (χ0n) is 10.6. The van der Waals surface area contributed by atoms with Crippen molar-refractivity contribution in [1.82, 2.24) is 0 Å². The van der Waals surface area contributed by atoms with E-state index < -0.39 is 0 Å². The molecule has 0 fully saturated rings. The van der Waals surface area contributed by atoms with E-state index in [9.17, 15) is 0 Å². The fourth-order valence-corrected chi connectivity index (χ4v) is 2.81. The average Bonchev–Trinajstić information content (AvgIpc) is 2.46. The molecule has 0 spiro atoms. The van der Waals surface area contributed by atoms with Crippen molar-refractivity contribution in [2.75, 3.05) is 6.61 Å². The SMILES string of the molecule is NC(c1ccccc1Cl)c1cccc2c1OCCC2. The molecule has 0 saturated heterocycles. The minimum absolute atomic E-state index is 0.248. The van der Waals surface area contributed by atoms with Gasteiger partial charge in [-0.2, -0.15) is 0 Å². The number of rotatable bonds is 2. The van der Waals surface area contributed by atoms with Crippen molar-refractivity contribution in [3.8, 4) is 5.75 Å². The van der Waals surface area contributed by atoms with Crippen molar-refractivity contribution < 1.29 is 4.74 Å². The minimum atomic E-state index is -0.248. The van der Waals surface area contributed by atoms with E-state index in [2.05, 4.69) is 6.07 Å². The highest BCUT2D eigenvalue weighted by Gasteiger charge is 2.20. The Morgan fingerprint density at radius 1 is 1.05 bits per heavy atom. The molecule has 2 N–H and O–H groups in total. The van der Waals surface area contributed by atoms with Gasteiger partial charge >= 0.3 is 0 Å². The maximum Gasteiger partial charge on any atom is 0.127 e. The number of hydrogen-bond donors (Lipinski definition) is 1. The Morgan fingerprint density at radius 3 is 2.68 bits per heavy atom. The van der Waals surface area contributed by atoms with Crippen LogP contribution in [-0.2, 0) is 6.42 Å². The van der Waals surface area contributed by atoms with Gasteiger partial charge in [0.2, 0.25) is 0 Å². The molecule has 2 aromatic carbocycles. The number of halogens is 1. The molecule has 0 amide bonds. The van der Waals surface area contributed by atoms with Crippen LogP contribution in [0.2, 0.25) is 5.02 Å². The predicted octanol–water partition coefficient (Wildman–Crippen LogP) is 3.71. The van der Waals surface area contributed by atoms with E-state index in [1.807, 2.05) is 36.4 Å². The van der Waals surface area contributed by atoms with Crippen LogP contribution in [0.3, 0.4) is 0 Å². The van der Waals surface area contributed by atoms with Gasteiger partial charge < -0.3 is 10.5 Å². The molecule has 1 aliphatic heterocycles. The van der Waals surface area contributed by atoms with Crippen molar-refractivity contribution in [2.24, 2.45) is 5.73 Å². The molecule has 19 heavy (non-hydrogen) atoms. The van der Waals surface area contributed by atoms with Crippen molar-refractivity contribution in [3.63, 3.8) is 0 Å². The Morgan fingerprint density at radius 2 is 1.84 bits per heavy atom. The molecule has 0 saturated carbocycles. The monoisotopic (exact) mass is 273 g/mol. The van der Waals surface area contributed by atoms with Gasteiger partial charge in [-0.25, -0.2) is 0 Å². The molecule has 3 heteroatoms. The largest absolute Gasteiger partial charge is 0.493 e. The fourth-order valence-electron chi connectivity index (χ4n) is 2.55. The third-order valence-corrected chi connectivity index (χ3v) is 3.88. The van der Waals surface area contributed by atoms with Crippen molar-refractivity contribution in [3.05, 3.63) is 64.2 Å². The van der Waals surface area contributed by atoms with Gasteiger partial charge in [-0.3, -0.25) is 0 Å². The van der Waals surface area contributed by atoms with Gasteiger partial charge in [-0.05, 0) is 30.0 Å². The second-order valence-electron chi connectivity index (χ2n) is 4.79. The fraction of sp³-hybridized carbons (Fsp3) is 0.250. The minimum Gasteiger partial charge on any atom is -0.493 e. The topological polar surface area (TPSA) is 35.2 Å². The molecule has 2 aromatic rings. The van der Waals surface area contributed by atoms with Crippen LogP contribution in [0.1, 0.15) is 29.2 Å². The van der Waals surface area contributed by atoms with Crippen molar-refractivity contribution in [2.45, 2.75) is 18.9 Å². The summed E-state index contributed by atoms with van der Waals surface area (Å²) < 4.78 is 5.81. The lowest BCUT2D eigenvalue weighted by atomic mass is 9.94. The second-order valence-corrected chi connectivity index (χ2v) is 5.19.